The summed E-state index contributed by atoms with van der Waals surface area (Å²) in [6.07, 6.45) is -0.470. The Morgan fingerprint density at radius 2 is 1.82 bits per heavy atom. The van der Waals surface area contributed by atoms with Crippen molar-refractivity contribution < 1.29 is 22.5 Å². The van der Waals surface area contributed by atoms with E-state index < -0.39 is 24.7 Å². The summed E-state index contributed by atoms with van der Waals surface area (Å²) in [4.78, 5) is 14.7. The van der Waals surface area contributed by atoms with Crippen molar-refractivity contribution in [2.45, 2.75) is 32.3 Å². The topological polar surface area (TPSA) is 51.2 Å². The first-order chi connectivity index (χ1) is 15.8. The molecule has 3 rings (SSSR count). The fourth-order valence-electron chi connectivity index (χ4n) is 3.23. The number of carbonyl (C=O) groups excluding carboxylic acids is 1. The molecular formula is C22H21Cl3FN2O4Se. The van der Waals surface area contributed by atoms with Crippen molar-refractivity contribution in [2.24, 2.45) is 0 Å². The molecule has 0 N–H and O–H groups in total. The first kappa shape index (κ1) is 26.1. The zero-order valence-corrected chi connectivity index (χ0v) is 21.5. The predicted octanol–water partition coefficient (Wildman–Crippen LogP) is 5.24. The van der Waals surface area contributed by atoms with Crippen molar-refractivity contribution in [3.05, 3.63) is 81.1 Å². The van der Waals surface area contributed by atoms with E-state index >= 15 is 0 Å². The molecule has 1 aliphatic rings. The first-order valence-electron chi connectivity index (χ1n) is 9.96. The molecule has 2 aromatic carbocycles. The normalized spacial score (nSPS) is 17.3. The molecule has 6 nitrogen and oxygen atoms in total. The van der Waals surface area contributed by atoms with E-state index in [1.54, 1.807) is 48.4 Å². The van der Waals surface area contributed by atoms with E-state index in [0.717, 1.165) is 10.5 Å². The number of nitrogens with zero attached hydrogens (tertiary/aromatic N) is 2. The molecule has 0 bridgehead atoms. The van der Waals surface area contributed by atoms with Gasteiger partial charge in [0, 0.05) is 0 Å². The minimum atomic E-state index is -2.03. The van der Waals surface area contributed by atoms with E-state index in [0.29, 0.717) is 20.6 Å². The standard InChI is InChI=1S/C22H21Cl3FN2O4Se/c1-2-30-21(29)20(26)28-10-9-27(22(28)32-33)12-19(17-8-7-16(24)11-18(17)25)31-13-14-3-5-15(23)6-4-14/h3-11,19-20,22H,2,12-13H2,1H3. The first-order valence-corrected chi connectivity index (χ1v) is 11.8. The molecule has 3 atom stereocenters. The van der Waals surface area contributed by atoms with Crippen molar-refractivity contribution in [3.63, 3.8) is 0 Å². The molecule has 0 fully saturated rings. The van der Waals surface area contributed by atoms with Gasteiger partial charge in [0.25, 0.3) is 0 Å². The fourth-order valence-corrected chi connectivity index (χ4v) is 4.33. The molecule has 3 unspecified atom stereocenters. The van der Waals surface area contributed by atoms with Crippen molar-refractivity contribution in [2.75, 3.05) is 13.2 Å². The second-order valence-electron chi connectivity index (χ2n) is 7.04. The number of ether oxygens (including phenoxy) is 2. The molecule has 2 aromatic rings. The molecule has 0 spiro atoms. The maximum absolute atomic E-state index is 14.7. The monoisotopic (exact) mass is 581 g/mol. The Labute approximate surface area is 215 Å². The second kappa shape index (κ2) is 12.3. The average molecular weight is 582 g/mol. The molecule has 0 saturated heterocycles. The van der Waals surface area contributed by atoms with Gasteiger partial charge in [0.05, 0.1) is 0 Å². The van der Waals surface area contributed by atoms with Crippen LogP contribution in [-0.2, 0) is 24.7 Å². The van der Waals surface area contributed by atoms with Gasteiger partial charge in [-0.15, -0.1) is 0 Å². The van der Waals surface area contributed by atoms with Gasteiger partial charge in [-0.1, -0.05) is 0 Å². The van der Waals surface area contributed by atoms with Gasteiger partial charge in [-0.2, -0.15) is 0 Å². The van der Waals surface area contributed by atoms with Gasteiger partial charge in [-0.3, -0.25) is 0 Å². The quantitative estimate of drug-likeness (QED) is 0.218. The Hall–Kier alpha value is -1.51. The van der Waals surface area contributed by atoms with Crippen LogP contribution in [0.4, 0.5) is 4.39 Å². The van der Waals surface area contributed by atoms with Crippen LogP contribution in [0.1, 0.15) is 24.2 Å². The zero-order valence-electron chi connectivity index (χ0n) is 17.5. The molecule has 1 radical (unpaired) electrons. The van der Waals surface area contributed by atoms with Crippen molar-refractivity contribution >= 4 is 57.1 Å². The van der Waals surface area contributed by atoms with E-state index in [1.807, 2.05) is 12.1 Å². The Balaban J connectivity index is 1.79. The molecule has 0 saturated carbocycles. The number of hydrogen-bond acceptors (Lipinski definition) is 6. The van der Waals surface area contributed by atoms with Crippen LogP contribution >= 0.6 is 34.8 Å². The molecule has 0 aliphatic carbocycles. The van der Waals surface area contributed by atoms with Gasteiger partial charge in [0.2, 0.25) is 0 Å². The van der Waals surface area contributed by atoms with E-state index in [9.17, 15) is 9.18 Å². The molecule has 0 amide bonds. The summed E-state index contributed by atoms with van der Waals surface area (Å²) in [6, 6.07) is 12.4. The molecular weight excluding hydrogens is 561 g/mol. The van der Waals surface area contributed by atoms with E-state index in [4.69, 9.17) is 48.1 Å². The third-order valence-electron chi connectivity index (χ3n) is 4.85. The third kappa shape index (κ3) is 6.76. The summed E-state index contributed by atoms with van der Waals surface area (Å²) >= 11 is 20.9. The van der Waals surface area contributed by atoms with Crippen LogP contribution in [0.5, 0.6) is 0 Å². The second-order valence-corrected chi connectivity index (χ2v) is 8.73. The third-order valence-corrected chi connectivity index (χ3v) is 6.02. The van der Waals surface area contributed by atoms with Crippen LogP contribution < -0.4 is 0 Å². The van der Waals surface area contributed by atoms with Crippen LogP contribution in [-0.4, -0.2) is 57.9 Å². The molecule has 11 heteroatoms. The number of hydrogen-bond donors (Lipinski definition) is 0. The number of benzene rings is 2. The predicted molar refractivity (Wildman–Crippen MR) is 125 cm³/mol. The van der Waals surface area contributed by atoms with Gasteiger partial charge in [-0.05, 0) is 0 Å². The van der Waals surface area contributed by atoms with E-state index in [1.165, 1.54) is 6.20 Å². The Morgan fingerprint density at radius 1 is 1.12 bits per heavy atom. The number of esters is 1. The van der Waals surface area contributed by atoms with Crippen LogP contribution in [0.25, 0.3) is 0 Å². The summed E-state index contributed by atoms with van der Waals surface area (Å²) < 4.78 is 31.0. The Bertz CT molecular complexity index is 983. The number of carbonyl (C=O) groups is 1. The van der Waals surface area contributed by atoms with Gasteiger partial charge < -0.3 is 0 Å². The fraction of sp³-hybridized carbons (Fsp3) is 0.318. The Morgan fingerprint density at radius 3 is 2.45 bits per heavy atom. The van der Waals surface area contributed by atoms with E-state index in [-0.39, 0.29) is 19.8 Å². The number of alkyl halides is 1. The molecule has 1 aliphatic heterocycles. The van der Waals surface area contributed by atoms with Crippen LogP contribution in [0.3, 0.4) is 0 Å². The number of rotatable bonds is 10. The summed E-state index contributed by atoms with van der Waals surface area (Å²) in [7, 11) is 0. The van der Waals surface area contributed by atoms with Crippen molar-refractivity contribution in [3.8, 4) is 0 Å². The van der Waals surface area contributed by atoms with Crippen LogP contribution in [0, 0.1) is 0 Å². The zero-order chi connectivity index (χ0) is 24.0. The Kier molecular flexibility index (Phi) is 9.70. The van der Waals surface area contributed by atoms with Crippen molar-refractivity contribution in [1.29, 1.82) is 0 Å². The maximum atomic E-state index is 14.7. The summed E-state index contributed by atoms with van der Waals surface area (Å²) in [5.41, 5.74) is 1.61. The summed E-state index contributed by atoms with van der Waals surface area (Å²) in [6.45, 7) is 2.20. The van der Waals surface area contributed by atoms with Crippen LogP contribution in [0.2, 0.25) is 15.1 Å². The summed E-state index contributed by atoms with van der Waals surface area (Å²) in [5, 5.41) is 1.55. The minimum absolute atomic E-state index is 0.0694. The van der Waals surface area contributed by atoms with Gasteiger partial charge >= 0.3 is 216 Å². The van der Waals surface area contributed by atoms with Gasteiger partial charge in [-0.25, -0.2) is 0 Å². The molecule has 177 valence electrons. The molecule has 0 aromatic heterocycles. The molecule has 33 heavy (non-hydrogen) atoms. The van der Waals surface area contributed by atoms with Crippen LogP contribution in [0.15, 0.2) is 54.9 Å². The summed E-state index contributed by atoms with van der Waals surface area (Å²) in [5.74, 6) is -0.998. The number of halogens is 4. The van der Waals surface area contributed by atoms with Gasteiger partial charge in [0.1, 0.15) is 0 Å². The SMILES string of the molecule is CCOC(=O)C(F)N1C=CN(CC(OCc2ccc(Cl)cc2)c2ccc(Cl)cc2Cl)C1O[Se]. The van der Waals surface area contributed by atoms with Crippen molar-refractivity contribution in [1.82, 2.24) is 9.80 Å². The van der Waals surface area contributed by atoms with E-state index in [2.05, 4.69) is 16.3 Å². The van der Waals surface area contributed by atoms with Gasteiger partial charge in [0.15, 0.2) is 0 Å². The average Bonchev–Trinajstić information content (AvgIpc) is 3.20. The molecule has 1 heterocycles.